The molecular weight excluding hydrogens is 506 g/mol. The van der Waals surface area contributed by atoms with Crippen LogP contribution in [-0.4, -0.2) is 25.8 Å². The minimum atomic E-state index is -3.99. The first-order valence-corrected chi connectivity index (χ1v) is 13.2. The molecule has 0 atom stereocenters. The molecule has 0 saturated carbocycles. The van der Waals surface area contributed by atoms with Gasteiger partial charge in [0.25, 0.3) is 15.1 Å². The van der Waals surface area contributed by atoms with Gasteiger partial charge in [0.1, 0.15) is 15.1 Å². The molecule has 4 rings (SSSR count). The van der Waals surface area contributed by atoms with Crippen LogP contribution in [-0.2, 0) is 16.7 Å². The third-order valence-electron chi connectivity index (χ3n) is 4.68. The van der Waals surface area contributed by atoms with Crippen molar-refractivity contribution in [1.82, 2.24) is 0 Å². The average Bonchev–Trinajstić information content (AvgIpc) is 3.30. The summed E-state index contributed by atoms with van der Waals surface area (Å²) >= 11 is 6.72. The van der Waals surface area contributed by atoms with E-state index in [2.05, 4.69) is 20.5 Å². The van der Waals surface area contributed by atoms with E-state index in [1.54, 1.807) is 29.8 Å². The number of thiazole rings is 1. The van der Waals surface area contributed by atoms with E-state index in [1.165, 1.54) is 0 Å². The molecule has 1 N–H and O–H groups in total. The van der Waals surface area contributed by atoms with E-state index >= 15 is 0 Å². The van der Waals surface area contributed by atoms with E-state index in [9.17, 15) is 8.42 Å². The van der Waals surface area contributed by atoms with Crippen LogP contribution >= 0.6 is 38.6 Å². The van der Waals surface area contributed by atoms with Crippen LogP contribution < -0.4 is 9.30 Å². The molecule has 30 heavy (non-hydrogen) atoms. The molecule has 5 nitrogen and oxygen atoms in total. The number of halogens is 1. The lowest BCUT2D eigenvalue weighted by atomic mass is 10.2. The molecule has 4 aromatic rings. The molecule has 0 fully saturated rings. The summed E-state index contributed by atoms with van der Waals surface area (Å²) in [6, 6.07) is 12.1. The van der Waals surface area contributed by atoms with Crippen molar-refractivity contribution in [2.24, 2.45) is 0 Å². The summed E-state index contributed by atoms with van der Waals surface area (Å²) in [7, 11) is -2.33. The van der Waals surface area contributed by atoms with Crippen LogP contribution in [0.15, 0.2) is 46.3 Å². The SMILES string of the molecule is COc1cc2sc(/C=C/c3ccc(Br)cc3)[n+](CCCS(=O)(=O)O)c2c2sccc12. The average molecular weight is 525 g/mol. The Hall–Kier alpha value is -1.78. The van der Waals surface area contributed by atoms with E-state index in [4.69, 9.17) is 9.29 Å². The molecule has 0 radical (unpaired) electrons. The number of hydrogen-bond acceptors (Lipinski definition) is 5. The van der Waals surface area contributed by atoms with Crippen LogP contribution in [0.3, 0.4) is 0 Å². The second-order valence-electron chi connectivity index (χ2n) is 6.71. The van der Waals surface area contributed by atoms with E-state index in [-0.39, 0.29) is 5.75 Å². The normalized spacial score (nSPS) is 12.4. The Kier molecular flexibility index (Phi) is 6.26. The van der Waals surface area contributed by atoms with Crippen LogP contribution in [0.4, 0.5) is 0 Å². The largest absolute Gasteiger partial charge is 0.496 e. The standard InChI is InChI=1S/C21H18BrNO4S3/c1-27-17-13-18-20(21-16(17)9-11-28-21)23(10-2-12-30(24,25)26)19(29-18)8-5-14-3-6-15(22)7-4-14/h3-9,11,13H,2,10,12H2,1H3/p+1/b8-5+. The number of aryl methyl sites for hydroxylation is 1. The molecule has 0 unspecified atom stereocenters. The minimum Gasteiger partial charge on any atom is -0.496 e. The fraction of sp³-hybridized carbons (Fsp3) is 0.190. The summed E-state index contributed by atoms with van der Waals surface area (Å²) in [5, 5.41) is 4.08. The first-order chi connectivity index (χ1) is 14.4. The van der Waals surface area contributed by atoms with Crippen LogP contribution in [0.2, 0.25) is 0 Å². The van der Waals surface area contributed by atoms with Crippen molar-refractivity contribution < 1.29 is 22.3 Å². The summed E-state index contributed by atoms with van der Waals surface area (Å²) in [5.41, 5.74) is 2.13. The molecule has 156 valence electrons. The predicted octanol–water partition coefficient (Wildman–Crippen LogP) is 5.62. The first kappa shape index (κ1) is 21.5. The molecule has 2 heterocycles. The van der Waals surface area contributed by atoms with Gasteiger partial charge in [0.05, 0.1) is 12.9 Å². The summed E-state index contributed by atoms with van der Waals surface area (Å²) in [6.07, 6.45) is 4.42. The molecule has 0 aliphatic heterocycles. The summed E-state index contributed by atoms with van der Waals surface area (Å²) in [6.45, 7) is 0.485. The molecular formula is C21H19BrNO4S3+. The van der Waals surface area contributed by atoms with Crippen molar-refractivity contribution in [3.8, 4) is 5.75 Å². The fourth-order valence-electron chi connectivity index (χ4n) is 3.34. The van der Waals surface area contributed by atoms with Gasteiger partial charge in [-0.25, -0.2) is 0 Å². The van der Waals surface area contributed by atoms with Gasteiger partial charge >= 0.3 is 0 Å². The molecule has 0 spiro atoms. The molecule has 0 bridgehead atoms. The smallest absolute Gasteiger partial charge is 0.265 e. The zero-order valence-corrected chi connectivity index (χ0v) is 20.1. The van der Waals surface area contributed by atoms with Crippen molar-refractivity contribution in [3.05, 3.63) is 56.8 Å². The van der Waals surface area contributed by atoms with E-state index < -0.39 is 10.1 Å². The lowest BCUT2D eigenvalue weighted by molar-refractivity contribution is -0.667. The van der Waals surface area contributed by atoms with Gasteiger partial charge in [-0.15, -0.1) is 11.3 Å². The molecule has 9 heteroatoms. The molecule has 0 amide bonds. The number of benzene rings is 2. The minimum absolute atomic E-state index is 0.267. The summed E-state index contributed by atoms with van der Waals surface area (Å²) in [5.74, 6) is 0.560. The maximum atomic E-state index is 11.2. The van der Waals surface area contributed by atoms with Crippen molar-refractivity contribution in [1.29, 1.82) is 0 Å². The molecule has 0 saturated heterocycles. The Bertz CT molecular complexity index is 1340. The van der Waals surface area contributed by atoms with E-state index in [1.807, 2.05) is 53.9 Å². The second-order valence-corrected chi connectivity index (χ2v) is 11.2. The summed E-state index contributed by atoms with van der Waals surface area (Å²) in [4.78, 5) is 0. The highest BCUT2D eigenvalue weighted by Crippen LogP contribution is 2.38. The third kappa shape index (κ3) is 4.60. The highest BCUT2D eigenvalue weighted by molar-refractivity contribution is 9.10. The van der Waals surface area contributed by atoms with Gasteiger partial charge in [0.2, 0.25) is 5.52 Å². The first-order valence-electron chi connectivity index (χ1n) is 9.15. The van der Waals surface area contributed by atoms with Gasteiger partial charge in [-0.3, -0.25) is 4.55 Å². The van der Waals surface area contributed by atoms with Gasteiger partial charge in [0.15, 0.2) is 6.54 Å². The van der Waals surface area contributed by atoms with Gasteiger partial charge in [-0.2, -0.15) is 13.0 Å². The van der Waals surface area contributed by atoms with Gasteiger partial charge in [-0.1, -0.05) is 39.4 Å². The fourth-order valence-corrected chi connectivity index (χ4v) is 6.26. The third-order valence-corrected chi connectivity index (χ3v) is 8.04. The zero-order chi connectivity index (χ0) is 21.3. The molecule has 2 aromatic heterocycles. The number of thiophene rings is 1. The Balaban J connectivity index is 1.82. The summed E-state index contributed by atoms with van der Waals surface area (Å²) < 4.78 is 42.5. The van der Waals surface area contributed by atoms with Crippen LogP contribution in [0, 0.1) is 0 Å². The van der Waals surface area contributed by atoms with Crippen molar-refractivity contribution in [2.45, 2.75) is 13.0 Å². The molecule has 2 aromatic carbocycles. The van der Waals surface area contributed by atoms with Crippen molar-refractivity contribution >= 4 is 81.2 Å². The number of hydrogen-bond donors (Lipinski definition) is 1. The van der Waals surface area contributed by atoms with Crippen LogP contribution in [0.5, 0.6) is 5.75 Å². The zero-order valence-electron chi connectivity index (χ0n) is 16.0. The van der Waals surface area contributed by atoms with Crippen molar-refractivity contribution in [2.75, 3.05) is 12.9 Å². The predicted molar refractivity (Wildman–Crippen MR) is 128 cm³/mol. The van der Waals surface area contributed by atoms with E-state index in [0.29, 0.717) is 13.0 Å². The lowest BCUT2D eigenvalue weighted by Crippen LogP contribution is -2.36. The van der Waals surface area contributed by atoms with Crippen LogP contribution in [0.25, 0.3) is 32.5 Å². The van der Waals surface area contributed by atoms with Crippen molar-refractivity contribution in [3.63, 3.8) is 0 Å². The quantitative estimate of drug-likeness (QED) is 0.251. The Morgan fingerprint density at radius 1 is 1.20 bits per heavy atom. The van der Waals surface area contributed by atoms with Crippen LogP contribution in [0.1, 0.15) is 17.0 Å². The van der Waals surface area contributed by atoms with Gasteiger partial charge in [-0.05, 0) is 35.2 Å². The number of methoxy groups -OCH3 is 1. The monoisotopic (exact) mass is 524 g/mol. The Labute approximate surface area is 191 Å². The van der Waals surface area contributed by atoms with Gasteiger partial charge in [0, 0.05) is 28.4 Å². The highest BCUT2D eigenvalue weighted by Gasteiger charge is 2.24. The number of nitrogens with zero attached hydrogens (tertiary/aromatic N) is 1. The van der Waals surface area contributed by atoms with E-state index in [0.717, 1.165) is 41.1 Å². The molecule has 0 aliphatic carbocycles. The molecule has 0 aliphatic rings. The van der Waals surface area contributed by atoms with Gasteiger partial charge < -0.3 is 4.74 Å². The Morgan fingerprint density at radius 3 is 2.67 bits per heavy atom. The highest BCUT2D eigenvalue weighted by atomic mass is 79.9. The maximum Gasteiger partial charge on any atom is 0.265 e. The number of aromatic nitrogens is 1. The number of fused-ring (bicyclic) bond motifs is 3. The Morgan fingerprint density at radius 2 is 1.97 bits per heavy atom. The lowest BCUT2D eigenvalue weighted by Gasteiger charge is -2.02. The second kappa shape index (κ2) is 8.76. The maximum absolute atomic E-state index is 11.2. The number of ether oxygens (including phenoxy) is 1. The number of rotatable bonds is 7. The topological polar surface area (TPSA) is 67.5 Å².